The Morgan fingerprint density at radius 1 is 0.829 bits per heavy atom. The van der Waals surface area contributed by atoms with E-state index in [1.807, 2.05) is 31.2 Å². The monoisotopic (exact) mass is 483 g/mol. The number of hydrogen-bond donors (Lipinski definition) is 2. The van der Waals surface area contributed by atoms with Gasteiger partial charge >= 0.3 is 0 Å². The minimum atomic E-state index is -3.85. The molecule has 0 atom stereocenters. The zero-order valence-corrected chi connectivity index (χ0v) is 19.5. The number of carbonyl (C=O) groups excluding carboxylic acids is 1. The molecule has 0 spiro atoms. The van der Waals surface area contributed by atoms with Crippen molar-refractivity contribution >= 4 is 38.4 Å². The molecule has 7 nitrogen and oxygen atoms in total. The van der Waals surface area contributed by atoms with Crippen LogP contribution >= 0.6 is 0 Å². The normalized spacial score (nSPS) is 11.3. The lowest BCUT2D eigenvalue weighted by molar-refractivity contribution is 0.102. The molecule has 5 rings (SSSR count). The van der Waals surface area contributed by atoms with Crippen molar-refractivity contribution in [1.82, 2.24) is 4.98 Å². The molecule has 2 N–H and O–H groups in total. The minimum absolute atomic E-state index is 0.119. The van der Waals surface area contributed by atoms with Crippen molar-refractivity contribution in [3.8, 4) is 11.5 Å². The van der Waals surface area contributed by atoms with E-state index in [1.165, 1.54) is 12.1 Å². The maximum Gasteiger partial charge on any atom is 0.261 e. The van der Waals surface area contributed by atoms with E-state index < -0.39 is 15.9 Å². The molecule has 0 bridgehead atoms. The Balaban J connectivity index is 1.34. The minimum Gasteiger partial charge on any atom is -0.436 e. The van der Waals surface area contributed by atoms with Crippen molar-refractivity contribution in [1.29, 1.82) is 0 Å². The van der Waals surface area contributed by atoms with Gasteiger partial charge in [0.25, 0.3) is 15.9 Å². The highest BCUT2D eigenvalue weighted by atomic mass is 32.2. The summed E-state index contributed by atoms with van der Waals surface area (Å²) in [6.45, 7) is 1.88. The van der Waals surface area contributed by atoms with Gasteiger partial charge < -0.3 is 9.73 Å². The number of nitrogens with zero attached hydrogens (tertiary/aromatic N) is 1. The average molecular weight is 484 g/mol. The van der Waals surface area contributed by atoms with Crippen molar-refractivity contribution in [3.05, 3.63) is 108 Å². The maximum atomic E-state index is 13.0. The number of sulfonamides is 1. The Labute approximate surface area is 202 Å². The Bertz CT molecular complexity index is 1590. The molecular formula is C27H21N3O4S. The summed E-state index contributed by atoms with van der Waals surface area (Å²) in [4.78, 5) is 17.6. The van der Waals surface area contributed by atoms with Gasteiger partial charge in [-0.1, -0.05) is 42.0 Å². The number of oxazole rings is 1. The highest BCUT2D eigenvalue weighted by Gasteiger charge is 2.19. The summed E-state index contributed by atoms with van der Waals surface area (Å²) in [5.74, 6) is 0.0433. The van der Waals surface area contributed by atoms with Crippen molar-refractivity contribution < 1.29 is 17.6 Å². The standard InChI is InChI=1S/C27H21N3O4S/c1-18-10-16-21(17-11-18)35(32,33)30-23-7-3-2-6-22(23)26(31)28-20-14-12-19(13-15-20)27-29-24-8-4-5-9-25(24)34-27/h2-17,30H,1H3,(H,28,31). The molecule has 5 aromatic rings. The first kappa shape index (κ1) is 22.4. The fourth-order valence-corrected chi connectivity index (χ4v) is 4.66. The predicted molar refractivity (Wildman–Crippen MR) is 136 cm³/mol. The van der Waals surface area contributed by atoms with Crippen LogP contribution in [0.3, 0.4) is 0 Å². The van der Waals surface area contributed by atoms with Gasteiger partial charge in [-0.2, -0.15) is 0 Å². The number of amides is 1. The lowest BCUT2D eigenvalue weighted by Crippen LogP contribution is -2.18. The highest BCUT2D eigenvalue weighted by Crippen LogP contribution is 2.26. The van der Waals surface area contributed by atoms with Gasteiger partial charge in [0.2, 0.25) is 5.89 Å². The van der Waals surface area contributed by atoms with E-state index in [0.717, 1.165) is 16.6 Å². The SMILES string of the molecule is Cc1ccc(S(=O)(=O)Nc2ccccc2C(=O)Nc2ccc(-c3nc4ccccc4o3)cc2)cc1. The summed E-state index contributed by atoms with van der Waals surface area (Å²) in [5.41, 5.74) is 4.12. The summed E-state index contributed by atoms with van der Waals surface area (Å²) in [5, 5.41) is 2.81. The number of hydrogen-bond acceptors (Lipinski definition) is 5. The first-order valence-corrected chi connectivity index (χ1v) is 12.3. The fraction of sp³-hybridized carbons (Fsp3) is 0.0370. The molecular weight excluding hydrogens is 462 g/mol. The first-order chi connectivity index (χ1) is 16.9. The van der Waals surface area contributed by atoms with E-state index in [2.05, 4.69) is 15.0 Å². The Morgan fingerprint density at radius 3 is 2.26 bits per heavy atom. The number of aryl methyl sites for hydroxylation is 1. The van der Waals surface area contributed by atoms with Crippen LogP contribution in [0.1, 0.15) is 15.9 Å². The molecule has 0 aliphatic carbocycles. The van der Waals surface area contributed by atoms with E-state index in [-0.39, 0.29) is 16.1 Å². The van der Waals surface area contributed by atoms with Gasteiger partial charge in [0.05, 0.1) is 16.1 Å². The molecule has 1 amide bonds. The number of carbonyl (C=O) groups is 1. The van der Waals surface area contributed by atoms with Crippen LogP contribution in [-0.4, -0.2) is 19.3 Å². The smallest absolute Gasteiger partial charge is 0.261 e. The zero-order chi connectivity index (χ0) is 24.4. The lowest BCUT2D eigenvalue weighted by atomic mass is 10.1. The average Bonchev–Trinajstić information content (AvgIpc) is 3.29. The van der Waals surface area contributed by atoms with Gasteiger partial charge in [-0.15, -0.1) is 0 Å². The van der Waals surface area contributed by atoms with Crippen molar-refractivity contribution in [2.75, 3.05) is 10.0 Å². The summed E-state index contributed by atoms with van der Waals surface area (Å²) in [7, 11) is -3.85. The van der Waals surface area contributed by atoms with Gasteiger partial charge in [0, 0.05) is 11.3 Å². The maximum absolute atomic E-state index is 13.0. The van der Waals surface area contributed by atoms with Gasteiger partial charge in [-0.3, -0.25) is 9.52 Å². The van der Waals surface area contributed by atoms with Crippen LogP contribution in [0.2, 0.25) is 0 Å². The van der Waals surface area contributed by atoms with Crippen LogP contribution in [0, 0.1) is 6.92 Å². The number of benzene rings is 4. The Morgan fingerprint density at radius 2 is 1.51 bits per heavy atom. The van der Waals surface area contributed by atoms with Crippen LogP contribution in [0.4, 0.5) is 11.4 Å². The van der Waals surface area contributed by atoms with Gasteiger partial charge in [-0.05, 0) is 67.6 Å². The highest BCUT2D eigenvalue weighted by molar-refractivity contribution is 7.92. The first-order valence-electron chi connectivity index (χ1n) is 10.8. The molecule has 0 saturated carbocycles. The number of aromatic nitrogens is 1. The number of nitrogens with one attached hydrogen (secondary N) is 2. The zero-order valence-electron chi connectivity index (χ0n) is 18.7. The van der Waals surface area contributed by atoms with Crippen molar-refractivity contribution in [2.24, 2.45) is 0 Å². The van der Waals surface area contributed by atoms with Crippen LogP contribution in [0.15, 0.2) is 106 Å². The Kier molecular flexibility index (Phi) is 5.80. The molecule has 0 aliphatic heterocycles. The summed E-state index contributed by atoms with van der Waals surface area (Å²) < 4.78 is 34.0. The largest absolute Gasteiger partial charge is 0.436 e. The summed E-state index contributed by atoms with van der Waals surface area (Å²) >= 11 is 0. The number of fused-ring (bicyclic) bond motifs is 1. The van der Waals surface area contributed by atoms with Crippen LogP contribution in [0.25, 0.3) is 22.6 Å². The van der Waals surface area contributed by atoms with E-state index >= 15 is 0 Å². The predicted octanol–water partition coefficient (Wildman–Crippen LogP) is 5.86. The third-order valence-electron chi connectivity index (χ3n) is 5.43. The molecule has 174 valence electrons. The number of anilines is 2. The second-order valence-corrected chi connectivity index (χ2v) is 9.66. The fourth-order valence-electron chi connectivity index (χ4n) is 3.58. The second kappa shape index (κ2) is 9.08. The van der Waals surface area contributed by atoms with E-state index in [4.69, 9.17) is 4.42 Å². The molecule has 0 saturated heterocycles. The van der Waals surface area contributed by atoms with Crippen LogP contribution in [0.5, 0.6) is 0 Å². The van der Waals surface area contributed by atoms with Gasteiger partial charge in [0.1, 0.15) is 5.52 Å². The van der Waals surface area contributed by atoms with E-state index in [0.29, 0.717) is 17.2 Å². The molecule has 1 aromatic heterocycles. The molecule has 0 aliphatic rings. The van der Waals surface area contributed by atoms with Crippen LogP contribution in [-0.2, 0) is 10.0 Å². The van der Waals surface area contributed by atoms with Crippen molar-refractivity contribution in [2.45, 2.75) is 11.8 Å². The number of rotatable bonds is 6. The summed E-state index contributed by atoms with van der Waals surface area (Å²) in [6.07, 6.45) is 0. The molecule has 1 heterocycles. The molecule has 8 heteroatoms. The topological polar surface area (TPSA) is 101 Å². The second-order valence-electron chi connectivity index (χ2n) is 7.98. The van der Waals surface area contributed by atoms with Gasteiger partial charge in [-0.25, -0.2) is 13.4 Å². The Hall–Kier alpha value is -4.43. The summed E-state index contributed by atoms with van der Waals surface area (Å²) in [6, 6.07) is 27.5. The van der Waals surface area contributed by atoms with Gasteiger partial charge in [0.15, 0.2) is 5.58 Å². The molecule has 0 radical (unpaired) electrons. The van der Waals surface area contributed by atoms with E-state index in [1.54, 1.807) is 60.7 Å². The molecule has 0 unspecified atom stereocenters. The van der Waals surface area contributed by atoms with Crippen LogP contribution < -0.4 is 10.0 Å². The van der Waals surface area contributed by atoms with E-state index in [9.17, 15) is 13.2 Å². The third kappa shape index (κ3) is 4.78. The molecule has 35 heavy (non-hydrogen) atoms. The molecule has 0 fully saturated rings. The quantitative estimate of drug-likeness (QED) is 0.315. The number of para-hydroxylation sites is 3. The third-order valence-corrected chi connectivity index (χ3v) is 6.81. The lowest BCUT2D eigenvalue weighted by Gasteiger charge is -2.13. The van der Waals surface area contributed by atoms with Crippen molar-refractivity contribution in [3.63, 3.8) is 0 Å². The molecule has 4 aromatic carbocycles.